The number of likely N-dealkylation sites (N-methyl/N-ethyl adjacent to an activating group) is 1. The lowest BCUT2D eigenvalue weighted by atomic mass is 10.1. The number of para-hydroxylation sites is 1. The number of aryl methyl sites for hydroxylation is 1. The molecule has 0 aliphatic rings. The lowest BCUT2D eigenvalue weighted by Crippen LogP contribution is -2.34. The Balaban J connectivity index is 1.93. The SMILES string of the molecule is CCN(CC)CCNC(=O)c1cccc2c(=O)cc(-c3ccc(C)cc3)oc12. The summed E-state index contributed by atoms with van der Waals surface area (Å²) < 4.78 is 6.02. The summed E-state index contributed by atoms with van der Waals surface area (Å²) >= 11 is 0. The van der Waals surface area contributed by atoms with Gasteiger partial charge in [0, 0.05) is 24.7 Å². The number of carbonyl (C=O) groups is 1. The van der Waals surface area contributed by atoms with Gasteiger partial charge in [-0.3, -0.25) is 9.59 Å². The van der Waals surface area contributed by atoms with Crippen LogP contribution < -0.4 is 10.7 Å². The highest BCUT2D eigenvalue weighted by molar-refractivity contribution is 6.04. The van der Waals surface area contributed by atoms with E-state index < -0.39 is 0 Å². The minimum atomic E-state index is -0.234. The Bertz CT molecular complexity index is 1020. The fourth-order valence-electron chi connectivity index (χ4n) is 3.18. The highest BCUT2D eigenvalue weighted by atomic mass is 16.3. The van der Waals surface area contributed by atoms with Crippen molar-refractivity contribution in [2.75, 3.05) is 26.2 Å². The fraction of sp³-hybridized carbons (Fsp3) is 0.304. The van der Waals surface area contributed by atoms with E-state index in [4.69, 9.17) is 4.42 Å². The Morgan fingerprint density at radius 3 is 2.46 bits per heavy atom. The summed E-state index contributed by atoms with van der Waals surface area (Å²) in [7, 11) is 0. The van der Waals surface area contributed by atoms with Gasteiger partial charge in [0.05, 0.1) is 10.9 Å². The van der Waals surface area contributed by atoms with Crippen molar-refractivity contribution in [1.82, 2.24) is 10.2 Å². The van der Waals surface area contributed by atoms with E-state index in [-0.39, 0.29) is 11.3 Å². The second-order valence-electron chi connectivity index (χ2n) is 6.81. The largest absolute Gasteiger partial charge is 0.455 e. The molecule has 1 amide bonds. The van der Waals surface area contributed by atoms with Crippen LogP contribution in [0.25, 0.3) is 22.3 Å². The molecular formula is C23H26N2O3. The van der Waals surface area contributed by atoms with Crippen LogP contribution in [0, 0.1) is 6.92 Å². The predicted octanol–water partition coefficient (Wildman–Crippen LogP) is 3.84. The molecule has 1 heterocycles. The monoisotopic (exact) mass is 378 g/mol. The number of carbonyl (C=O) groups excluding carboxylic acids is 1. The zero-order chi connectivity index (χ0) is 20.1. The number of nitrogens with one attached hydrogen (secondary N) is 1. The molecule has 0 bridgehead atoms. The van der Waals surface area contributed by atoms with Gasteiger partial charge in [0.2, 0.25) is 0 Å². The molecule has 0 aliphatic heterocycles. The van der Waals surface area contributed by atoms with Gasteiger partial charge in [-0.1, -0.05) is 49.7 Å². The molecule has 0 saturated carbocycles. The summed E-state index contributed by atoms with van der Waals surface area (Å²) in [5.41, 5.74) is 2.48. The first-order valence-corrected chi connectivity index (χ1v) is 9.68. The van der Waals surface area contributed by atoms with Gasteiger partial charge in [0.25, 0.3) is 5.91 Å². The first kappa shape index (κ1) is 19.8. The van der Waals surface area contributed by atoms with Gasteiger partial charge in [-0.25, -0.2) is 0 Å². The molecule has 1 N–H and O–H groups in total. The molecular weight excluding hydrogens is 352 g/mol. The van der Waals surface area contributed by atoms with E-state index in [0.717, 1.165) is 30.8 Å². The number of benzene rings is 2. The molecule has 0 radical (unpaired) electrons. The standard InChI is InChI=1S/C23H26N2O3/c1-4-25(5-2)14-13-24-23(27)19-8-6-7-18-20(26)15-21(28-22(18)19)17-11-9-16(3)10-12-17/h6-12,15H,4-5,13-14H2,1-3H3,(H,24,27). The molecule has 3 rings (SSSR count). The van der Waals surface area contributed by atoms with Crippen molar-refractivity contribution < 1.29 is 9.21 Å². The summed E-state index contributed by atoms with van der Waals surface area (Å²) in [6.45, 7) is 9.39. The van der Waals surface area contributed by atoms with Crippen molar-refractivity contribution in [3.05, 3.63) is 69.9 Å². The van der Waals surface area contributed by atoms with Crippen LogP contribution in [-0.2, 0) is 0 Å². The molecule has 2 aromatic carbocycles. The average Bonchev–Trinajstić information content (AvgIpc) is 2.71. The topological polar surface area (TPSA) is 62.6 Å². The number of fused-ring (bicyclic) bond motifs is 1. The van der Waals surface area contributed by atoms with Crippen molar-refractivity contribution in [2.45, 2.75) is 20.8 Å². The van der Waals surface area contributed by atoms with Crippen LogP contribution in [0.2, 0.25) is 0 Å². The zero-order valence-corrected chi connectivity index (χ0v) is 16.6. The predicted molar refractivity (Wildman–Crippen MR) is 113 cm³/mol. The maximum atomic E-state index is 12.7. The van der Waals surface area contributed by atoms with Crippen molar-refractivity contribution >= 4 is 16.9 Å². The van der Waals surface area contributed by atoms with Crippen molar-refractivity contribution in [2.24, 2.45) is 0 Å². The Kier molecular flexibility index (Phi) is 6.26. The van der Waals surface area contributed by atoms with Gasteiger partial charge in [-0.15, -0.1) is 0 Å². The molecule has 0 fully saturated rings. The number of nitrogens with zero attached hydrogens (tertiary/aromatic N) is 1. The Morgan fingerprint density at radius 1 is 1.07 bits per heavy atom. The molecule has 28 heavy (non-hydrogen) atoms. The van der Waals surface area contributed by atoms with Crippen LogP contribution >= 0.6 is 0 Å². The van der Waals surface area contributed by atoms with Gasteiger partial charge < -0.3 is 14.6 Å². The molecule has 5 heteroatoms. The minimum absolute atomic E-state index is 0.158. The summed E-state index contributed by atoms with van der Waals surface area (Å²) in [4.78, 5) is 27.6. The van der Waals surface area contributed by atoms with Crippen LogP contribution in [0.5, 0.6) is 0 Å². The quantitative estimate of drug-likeness (QED) is 0.678. The smallest absolute Gasteiger partial charge is 0.255 e. The summed E-state index contributed by atoms with van der Waals surface area (Å²) in [6.07, 6.45) is 0. The molecule has 0 atom stereocenters. The lowest BCUT2D eigenvalue weighted by Gasteiger charge is -2.18. The maximum absolute atomic E-state index is 12.7. The first-order chi connectivity index (χ1) is 13.5. The maximum Gasteiger partial charge on any atom is 0.255 e. The summed E-state index contributed by atoms with van der Waals surface area (Å²) in [6, 6.07) is 14.3. The van der Waals surface area contributed by atoms with Crippen molar-refractivity contribution in [3.63, 3.8) is 0 Å². The van der Waals surface area contributed by atoms with Crippen molar-refractivity contribution in [3.8, 4) is 11.3 Å². The first-order valence-electron chi connectivity index (χ1n) is 9.68. The van der Waals surface area contributed by atoms with E-state index >= 15 is 0 Å². The van der Waals surface area contributed by atoms with E-state index in [0.29, 0.717) is 28.8 Å². The van der Waals surface area contributed by atoms with E-state index in [9.17, 15) is 9.59 Å². The van der Waals surface area contributed by atoms with Crippen molar-refractivity contribution in [1.29, 1.82) is 0 Å². The van der Waals surface area contributed by atoms with E-state index in [1.165, 1.54) is 6.07 Å². The molecule has 0 unspecified atom stereocenters. The average molecular weight is 378 g/mol. The minimum Gasteiger partial charge on any atom is -0.455 e. The molecule has 146 valence electrons. The van der Waals surface area contributed by atoms with E-state index in [2.05, 4.69) is 24.1 Å². The second kappa shape index (κ2) is 8.85. The molecule has 0 spiro atoms. The van der Waals surface area contributed by atoms with E-state index in [1.54, 1.807) is 18.2 Å². The van der Waals surface area contributed by atoms with Crippen LogP contribution in [0.4, 0.5) is 0 Å². The van der Waals surface area contributed by atoms with E-state index in [1.807, 2.05) is 31.2 Å². The molecule has 0 saturated heterocycles. The third-order valence-electron chi connectivity index (χ3n) is 4.94. The Morgan fingerprint density at radius 2 is 1.79 bits per heavy atom. The Labute approximate surface area is 165 Å². The molecule has 0 aliphatic carbocycles. The number of amides is 1. The van der Waals surface area contributed by atoms with Gasteiger partial charge in [0.1, 0.15) is 5.76 Å². The van der Waals surface area contributed by atoms with Gasteiger partial charge in [0.15, 0.2) is 11.0 Å². The number of hydrogen-bond acceptors (Lipinski definition) is 4. The molecule has 3 aromatic rings. The highest BCUT2D eigenvalue weighted by Crippen LogP contribution is 2.24. The summed E-state index contributed by atoms with van der Waals surface area (Å²) in [5, 5.41) is 3.34. The molecule has 5 nitrogen and oxygen atoms in total. The normalized spacial score (nSPS) is 11.1. The van der Waals surface area contributed by atoms with Crippen LogP contribution in [0.15, 0.2) is 57.7 Å². The van der Waals surface area contributed by atoms with Crippen LogP contribution in [0.1, 0.15) is 29.8 Å². The number of rotatable bonds is 7. The second-order valence-corrected chi connectivity index (χ2v) is 6.81. The Hall–Kier alpha value is -2.92. The lowest BCUT2D eigenvalue weighted by molar-refractivity contribution is 0.0949. The van der Waals surface area contributed by atoms with Crippen LogP contribution in [0.3, 0.4) is 0 Å². The summed E-state index contributed by atoms with van der Waals surface area (Å²) in [5.74, 6) is 0.225. The third kappa shape index (κ3) is 4.31. The number of hydrogen-bond donors (Lipinski definition) is 1. The van der Waals surface area contributed by atoms with Gasteiger partial charge in [-0.05, 0) is 32.1 Å². The fourth-order valence-corrected chi connectivity index (χ4v) is 3.18. The van der Waals surface area contributed by atoms with Crippen LogP contribution in [-0.4, -0.2) is 37.0 Å². The zero-order valence-electron chi connectivity index (χ0n) is 16.6. The third-order valence-corrected chi connectivity index (χ3v) is 4.94. The highest BCUT2D eigenvalue weighted by Gasteiger charge is 2.15. The van der Waals surface area contributed by atoms with Gasteiger partial charge >= 0.3 is 0 Å². The van der Waals surface area contributed by atoms with Gasteiger partial charge in [-0.2, -0.15) is 0 Å². The molecule has 1 aromatic heterocycles.